The molecule has 0 bridgehead atoms. The van der Waals surface area contributed by atoms with Gasteiger partial charge in [-0.2, -0.15) is 5.10 Å². The smallest absolute Gasteiger partial charge is 0.267 e. The minimum absolute atomic E-state index is 0.151. The van der Waals surface area contributed by atoms with E-state index in [4.69, 9.17) is 0 Å². The van der Waals surface area contributed by atoms with E-state index in [9.17, 15) is 9.90 Å². The number of hydrogen-bond donors (Lipinski definition) is 3. The lowest BCUT2D eigenvalue weighted by Crippen LogP contribution is -2.12. The van der Waals surface area contributed by atoms with Crippen LogP contribution < -0.4 is 10.6 Å². The van der Waals surface area contributed by atoms with E-state index < -0.39 is 0 Å². The van der Waals surface area contributed by atoms with Gasteiger partial charge >= 0.3 is 0 Å². The number of thiazole rings is 1. The van der Waals surface area contributed by atoms with Gasteiger partial charge in [0.15, 0.2) is 10.9 Å². The molecule has 3 aromatic rings. The topological polar surface area (TPSA) is 92.1 Å². The van der Waals surface area contributed by atoms with Gasteiger partial charge in [0.1, 0.15) is 10.6 Å². The van der Waals surface area contributed by atoms with E-state index in [2.05, 4.69) is 20.7 Å². The molecule has 1 amide bonds. The highest BCUT2D eigenvalue weighted by Gasteiger charge is 2.15. The van der Waals surface area contributed by atoms with Crippen LogP contribution in [0.2, 0.25) is 0 Å². The fourth-order valence-corrected chi connectivity index (χ4v) is 3.18. The van der Waals surface area contributed by atoms with Gasteiger partial charge in [0.2, 0.25) is 0 Å². The van der Waals surface area contributed by atoms with Crippen LogP contribution in [-0.4, -0.2) is 25.8 Å². The van der Waals surface area contributed by atoms with Crippen molar-refractivity contribution < 1.29 is 9.90 Å². The number of aryl methyl sites for hydroxylation is 3. The Kier molecular flexibility index (Phi) is 4.45. The number of nitrogens with one attached hydrogen (secondary N) is 2. The van der Waals surface area contributed by atoms with E-state index in [0.29, 0.717) is 27.1 Å². The fourth-order valence-electron chi connectivity index (χ4n) is 2.47. The minimum atomic E-state index is -0.264. The third-order valence-corrected chi connectivity index (χ3v) is 4.76. The van der Waals surface area contributed by atoms with Crippen molar-refractivity contribution in [3.05, 3.63) is 46.1 Å². The summed E-state index contributed by atoms with van der Waals surface area (Å²) in [4.78, 5) is 17.2. The number of carbonyl (C=O) groups excluding carboxylic acids is 1. The van der Waals surface area contributed by atoms with Crippen molar-refractivity contribution in [2.45, 2.75) is 20.8 Å². The molecule has 0 aliphatic rings. The minimum Gasteiger partial charge on any atom is -0.508 e. The third kappa shape index (κ3) is 3.48. The van der Waals surface area contributed by atoms with Gasteiger partial charge in [-0.25, -0.2) is 4.98 Å². The maximum absolute atomic E-state index is 12.5. The van der Waals surface area contributed by atoms with Crippen LogP contribution in [0, 0.1) is 20.8 Å². The van der Waals surface area contributed by atoms with Crippen LogP contribution in [0.25, 0.3) is 0 Å². The molecular weight excluding hydrogens is 338 g/mol. The lowest BCUT2D eigenvalue weighted by Gasteiger charge is -2.11. The molecule has 0 unspecified atom stereocenters. The first-order valence-electron chi connectivity index (χ1n) is 7.68. The Labute approximate surface area is 149 Å². The van der Waals surface area contributed by atoms with E-state index in [-0.39, 0.29) is 11.7 Å². The molecule has 0 atom stereocenters. The number of aromatic nitrogens is 3. The second-order valence-electron chi connectivity index (χ2n) is 5.84. The van der Waals surface area contributed by atoms with Crippen molar-refractivity contribution >= 4 is 33.9 Å². The zero-order valence-corrected chi connectivity index (χ0v) is 15.2. The second kappa shape index (κ2) is 6.56. The Morgan fingerprint density at radius 1 is 1.24 bits per heavy atom. The van der Waals surface area contributed by atoms with Gasteiger partial charge in [0.05, 0.1) is 11.9 Å². The Hall–Kier alpha value is -2.87. The van der Waals surface area contributed by atoms with E-state index in [1.807, 2.05) is 27.1 Å². The average Bonchev–Trinajstić information content (AvgIpc) is 3.14. The summed E-state index contributed by atoms with van der Waals surface area (Å²) in [7, 11) is 1.85. The highest BCUT2D eigenvalue weighted by Crippen LogP contribution is 2.29. The van der Waals surface area contributed by atoms with Crippen LogP contribution in [0.15, 0.2) is 24.5 Å². The molecule has 130 valence electrons. The summed E-state index contributed by atoms with van der Waals surface area (Å²) in [6.45, 7) is 5.59. The molecule has 0 radical (unpaired) electrons. The molecule has 0 spiro atoms. The zero-order valence-electron chi connectivity index (χ0n) is 14.4. The number of hydrogen-bond acceptors (Lipinski definition) is 6. The number of amides is 1. The molecule has 0 aliphatic heterocycles. The molecule has 3 N–H and O–H groups in total. The number of phenols is 1. The Morgan fingerprint density at radius 3 is 2.68 bits per heavy atom. The number of benzene rings is 1. The van der Waals surface area contributed by atoms with Gasteiger partial charge < -0.3 is 15.7 Å². The molecule has 3 rings (SSSR count). The van der Waals surface area contributed by atoms with Crippen LogP contribution in [0.3, 0.4) is 0 Å². The Bertz CT molecular complexity index is 945. The van der Waals surface area contributed by atoms with E-state index in [0.717, 1.165) is 11.1 Å². The molecule has 8 heteroatoms. The summed E-state index contributed by atoms with van der Waals surface area (Å²) in [5.41, 5.74) is 3.14. The Morgan fingerprint density at radius 2 is 2.00 bits per heavy atom. The molecular formula is C17H19N5O2S. The van der Waals surface area contributed by atoms with Crippen molar-refractivity contribution in [2.24, 2.45) is 7.05 Å². The van der Waals surface area contributed by atoms with Crippen LogP contribution in [0.4, 0.5) is 16.6 Å². The molecule has 2 aromatic heterocycles. The van der Waals surface area contributed by atoms with Crippen LogP contribution >= 0.6 is 11.3 Å². The molecule has 2 heterocycles. The van der Waals surface area contributed by atoms with E-state index in [1.54, 1.807) is 23.7 Å². The first-order valence-corrected chi connectivity index (χ1v) is 8.50. The predicted octanol–water partition coefficient (Wildman–Crippen LogP) is 3.50. The number of phenolic OH excluding ortho intramolecular Hbond substituents is 1. The summed E-state index contributed by atoms with van der Waals surface area (Å²) in [5, 5.41) is 20.7. The molecule has 0 saturated heterocycles. The lowest BCUT2D eigenvalue weighted by molar-refractivity contribution is 0.103. The molecule has 0 fully saturated rings. The van der Waals surface area contributed by atoms with Crippen molar-refractivity contribution in [1.29, 1.82) is 0 Å². The highest BCUT2D eigenvalue weighted by atomic mass is 32.1. The van der Waals surface area contributed by atoms with Crippen LogP contribution in [0.1, 0.15) is 26.4 Å². The molecule has 0 saturated carbocycles. The fraction of sp³-hybridized carbons (Fsp3) is 0.235. The summed E-state index contributed by atoms with van der Waals surface area (Å²) in [6.07, 6.45) is 3.42. The number of nitrogens with zero attached hydrogens (tertiary/aromatic N) is 3. The number of rotatable bonds is 4. The maximum atomic E-state index is 12.5. The molecule has 1 aromatic carbocycles. The van der Waals surface area contributed by atoms with E-state index >= 15 is 0 Å². The van der Waals surface area contributed by atoms with Gasteiger partial charge in [-0.3, -0.25) is 9.48 Å². The SMILES string of the molecule is Cc1cn(C)nc1Nc1ncc(C(=O)Nc2c(C)ccc(O)c2C)s1. The first-order chi connectivity index (χ1) is 11.8. The standard InChI is InChI=1S/C17H19N5O2S/c1-9-5-6-12(23)11(3)14(9)19-16(24)13-7-18-17(25-13)20-15-10(2)8-22(4)21-15/h5-8,23H,1-4H3,(H,19,24)(H,18,20,21). The average molecular weight is 357 g/mol. The van der Waals surface area contributed by atoms with Gasteiger partial charge in [-0.05, 0) is 32.4 Å². The van der Waals surface area contributed by atoms with Crippen LogP contribution in [-0.2, 0) is 7.05 Å². The maximum Gasteiger partial charge on any atom is 0.267 e. The summed E-state index contributed by atoms with van der Waals surface area (Å²) in [6, 6.07) is 3.38. The second-order valence-corrected chi connectivity index (χ2v) is 6.88. The first kappa shape index (κ1) is 17.0. The third-order valence-electron chi connectivity index (χ3n) is 3.85. The number of carbonyl (C=O) groups is 1. The van der Waals surface area contributed by atoms with Gasteiger partial charge in [0.25, 0.3) is 5.91 Å². The quantitative estimate of drug-likeness (QED) is 0.665. The van der Waals surface area contributed by atoms with Gasteiger partial charge in [0, 0.05) is 24.4 Å². The normalized spacial score (nSPS) is 10.7. The summed E-state index contributed by atoms with van der Waals surface area (Å²) in [5.74, 6) is 0.599. The summed E-state index contributed by atoms with van der Waals surface area (Å²) >= 11 is 1.24. The summed E-state index contributed by atoms with van der Waals surface area (Å²) < 4.78 is 1.71. The molecule has 0 aliphatic carbocycles. The molecule has 25 heavy (non-hydrogen) atoms. The van der Waals surface area contributed by atoms with E-state index in [1.165, 1.54) is 17.5 Å². The van der Waals surface area contributed by atoms with Crippen molar-refractivity contribution in [1.82, 2.24) is 14.8 Å². The number of anilines is 3. The van der Waals surface area contributed by atoms with Crippen LogP contribution in [0.5, 0.6) is 5.75 Å². The Balaban J connectivity index is 1.77. The largest absolute Gasteiger partial charge is 0.508 e. The monoisotopic (exact) mass is 357 g/mol. The number of aromatic hydroxyl groups is 1. The van der Waals surface area contributed by atoms with Crippen molar-refractivity contribution in [3.63, 3.8) is 0 Å². The highest BCUT2D eigenvalue weighted by molar-refractivity contribution is 7.17. The van der Waals surface area contributed by atoms with Crippen molar-refractivity contribution in [2.75, 3.05) is 10.6 Å². The zero-order chi connectivity index (χ0) is 18.1. The lowest BCUT2D eigenvalue weighted by atomic mass is 10.1. The molecule has 7 nitrogen and oxygen atoms in total. The van der Waals surface area contributed by atoms with Gasteiger partial charge in [-0.1, -0.05) is 17.4 Å². The van der Waals surface area contributed by atoms with Gasteiger partial charge in [-0.15, -0.1) is 0 Å². The van der Waals surface area contributed by atoms with Crippen molar-refractivity contribution in [3.8, 4) is 5.75 Å². The predicted molar refractivity (Wildman–Crippen MR) is 98.9 cm³/mol.